The van der Waals surface area contributed by atoms with Gasteiger partial charge in [0.05, 0.1) is 0 Å². The number of anilines is 1. The van der Waals surface area contributed by atoms with Crippen molar-refractivity contribution in [2.75, 3.05) is 18.4 Å². The summed E-state index contributed by atoms with van der Waals surface area (Å²) < 4.78 is 6.11. The highest BCUT2D eigenvalue weighted by Gasteiger charge is 2.22. The Morgan fingerprint density at radius 1 is 1.16 bits per heavy atom. The van der Waals surface area contributed by atoms with Crippen LogP contribution in [0.15, 0.2) is 71.2 Å². The monoisotopic (exact) mass is 513 g/mol. The largest absolute Gasteiger partial charge is 0.474 e. The normalized spacial score (nSPS) is 16.8. The molecular formula is C29H31N5O2S. The highest BCUT2D eigenvalue weighted by molar-refractivity contribution is 8.11. The van der Waals surface area contributed by atoms with E-state index >= 15 is 0 Å². The molecule has 0 atom stereocenters. The number of nitrogens with one attached hydrogen (secondary N) is 1. The molecule has 0 saturated carbocycles. The zero-order valence-corrected chi connectivity index (χ0v) is 22.1. The number of allylic oxidation sites excluding steroid dienone is 2. The average molecular weight is 514 g/mol. The lowest BCUT2D eigenvalue weighted by Gasteiger charge is -2.34. The number of hydrogen-bond acceptors (Lipinski definition) is 7. The number of aromatic nitrogens is 2. The van der Waals surface area contributed by atoms with E-state index in [1.165, 1.54) is 11.8 Å². The molecular weight excluding hydrogens is 482 g/mol. The van der Waals surface area contributed by atoms with Crippen LogP contribution in [0.3, 0.4) is 0 Å². The topological polar surface area (TPSA) is 93.4 Å². The van der Waals surface area contributed by atoms with Gasteiger partial charge in [-0.15, -0.1) is 0 Å². The van der Waals surface area contributed by atoms with Crippen molar-refractivity contribution in [3.63, 3.8) is 0 Å². The molecule has 3 aromatic rings. The van der Waals surface area contributed by atoms with Gasteiger partial charge in [0, 0.05) is 53.4 Å². The van der Waals surface area contributed by atoms with Crippen molar-refractivity contribution in [3.05, 3.63) is 82.3 Å². The molecule has 1 saturated heterocycles. The molecule has 37 heavy (non-hydrogen) atoms. The second-order valence-corrected chi connectivity index (χ2v) is 10.8. The Labute approximate surface area is 221 Å². The van der Waals surface area contributed by atoms with Gasteiger partial charge >= 0.3 is 0 Å². The molecule has 4 heterocycles. The number of pyridine rings is 2. The number of piperidine rings is 1. The van der Waals surface area contributed by atoms with E-state index in [1.54, 1.807) is 24.5 Å². The van der Waals surface area contributed by atoms with Crippen molar-refractivity contribution < 1.29 is 9.53 Å². The number of carbonyl (C=O) groups is 1. The maximum Gasteiger partial charge on any atom is 0.257 e. The molecule has 1 amide bonds. The summed E-state index contributed by atoms with van der Waals surface area (Å²) in [5.74, 6) is 0.701. The van der Waals surface area contributed by atoms with Gasteiger partial charge in [-0.25, -0.2) is 9.97 Å². The molecule has 0 aliphatic carbocycles. The minimum absolute atomic E-state index is 0.111. The van der Waals surface area contributed by atoms with Gasteiger partial charge in [-0.3, -0.25) is 4.79 Å². The molecule has 0 radical (unpaired) electrons. The van der Waals surface area contributed by atoms with Crippen LogP contribution in [0.4, 0.5) is 5.82 Å². The molecule has 0 bridgehead atoms. The Kier molecular flexibility index (Phi) is 7.33. The average Bonchev–Trinajstić information content (AvgIpc) is 2.88. The summed E-state index contributed by atoms with van der Waals surface area (Å²) in [4.78, 5) is 25.3. The SMILES string of the molecule is CC1=C=C(N)SC(c2ccc3cnc(NC(=O)c4ccnc(OC5CCN(C(C)C)CC5)c4)cc3c2)=C1. The highest BCUT2D eigenvalue weighted by atomic mass is 32.2. The Hall–Kier alpha value is -3.58. The van der Waals surface area contributed by atoms with Gasteiger partial charge in [-0.1, -0.05) is 29.6 Å². The van der Waals surface area contributed by atoms with Crippen molar-refractivity contribution in [1.82, 2.24) is 14.9 Å². The van der Waals surface area contributed by atoms with Gasteiger partial charge in [0.2, 0.25) is 5.88 Å². The van der Waals surface area contributed by atoms with Gasteiger partial charge in [0.25, 0.3) is 5.91 Å². The molecule has 0 spiro atoms. The summed E-state index contributed by atoms with van der Waals surface area (Å²) in [5, 5.41) is 5.53. The fourth-order valence-corrected chi connectivity index (χ4v) is 5.52. The number of hydrogen-bond donors (Lipinski definition) is 2. The van der Waals surface area contributed by atoms with Crippen LogP contribution in [0.1, 0.15) is 49.5 Å². The predicted molar refractivity (Wildman–Crippen MR) is 150 cm³/mol. The zero-order chi connectivity index (χ0) is 25.9. The number of likely N-dealkylation sites (tertiary alicyclic amines) is 1. The molecule has 1 fully saturated rings. The van der Waals surface area contributed by atoms with Gasteiger partial charge < -0.3 is 20.7 Å². The van der Waals surface area contributed by atoms with Crippen LogP contribution in [0.25, 0.3) is 15.7 Å². The van der Waals surface area contributed by atoms with Crippen molar-refractivity contribution >= 4 is 39.2 Å². The second kappa shape index (κ2) is 10.8. The molecule has 1 aromatic carbocycles. The van der Waals surface area contributed by atoms with E-state index in [0.29, 0.717) is 28.3 Å². The molecule has 0 unspecified atom stereocenters. The number of carbonyl (C=O) groups excluding carboxylic acids is 1. The van der Waals surface area contributed by atoms with E-state index in [9.17, 15) is 4.79 Å². The van der Waals surface area contributed by atoms with Crippen LogP contribution in [-0.2, 0) is 0 Å². The minimum atomic E-state index is -0.255. The van der Waals surface area contributed by atoms with E-state index in [0.717, 1.165) is 52.7 Å². The van der Waals surface area contributed by atoms with Crippen LogP contribution in [0.5, 0.6) is 5.88 Å². The van der Waals surface area contributed by atoms with Crippen LogP contribution in [0.2, 0.25) is 0 Å². The Morgan fingerprint density at radius 3 is 2.73 bits per heavy atom. The summed E-state index contributed by atoms with van der Waals surface area (Å²) >= 11 is 1.50. The molecule has 5 rings (SSSR count). The Bertz CT molecular complexity index is 1430. The minimum Gasteiger partial charge on any atom is -0.474 e. The number of ether oxygens (including phenoxy) is 1. The van der Waals surface area contributed by atoms with Crippen molar-refractivity contribution in [2.45, 2.75) is 45.8 Å². The van der Waals surface area contributed by atoms with Gasteiger partial charge in [0.1, 0.15) is 17.0 Å². The lowest BCUT2D eigenvalue weighted by atomic mass is 10.1. The van der Waals surface area contributed by atoms with Crippen LogP contribution < -0.4 is 15.8 Å². The van der Waals surface area contributed by atoms with E-state index in [1.807, 2.05) is 19.1 Å². The first kappa shape index (κ1) is 25.1. The summed E-state index contributed by atoms with van der Waals surface area (Å²) in [6, 6.07) is 12.0. The number of fused-ring (bicyclic) bond motifs is 1. The van der Waals surface area contributed by atoms with E-state index < -0.39 is 0 Å². The van der Waals surface area contributed by atoms with Crippen LogP contribution in [-0.4, -0.2) is 46.0 Å². The summed E-state index contributed by atoms with van der Waals surface area (Å²) in [6.07, 6.45) is 7.46. The number of thioether (sulfide) groups is 1. The lowest BCUT2D eigenvalue weighted by Crippen LogP contribution is -2.41. The fourth-order valence-electron chi connectivity index (χ4n) is 4.59. The van der Waals surface area contributed by atoms with Crippen LogP contribution >= 0.6 is 11.8 Å². The van der Waals surface area contributed by atoms with E-state index in [2.05, 4.69) is 58.0 Å². The van der Waals surface area contributed by atoms with Crippen molar-refractivity contribution in [3.8, 4) is 5.88 Å². The molecule has 7 nitrogen and oxygen atoms in total. The number of nitrogens with zero attached hydrogens (tertiary/aromatic N) is 3. The molecule has 3 N–H and O–H groups in total. The smallest absolute Gasteiger partial charge is 0.257 e. The van der Waals surface area contributed by atoms with Gasteiger partial charge in [-0.05, 0) is 74.4 Å². The molecule has 190 valence electrons. The van der Waals surface area contributed by atoms with E-state index in [4.69, 9.17) is 10.5 Å². The third-order valence-corrected chi connectivity index (χ3v) is 7.52. The highest BCUT2D eigenvalue weighted by Crippen LogP contribution is 2.36. The van der Waals surface area contributed by atoms with Crippen molar-refractivity contribution in [2.24, 2.45) is 5.73 Å². The lowest BCUT2D eigenvalue weighted by molar-refractivity contribution is 0.0810. The first-order chi connectivity index (χ1) is 17.8. The quantitative estimate of drug-likeness (QED) is 0.417. The fraction of sp³-hybridized carbons (Fsp3) is 0.310. The number of nitrogens with two attached hydrogens (primary N) is 1. The molecule has 2 aliphatic heterocycles. The summed E-state index contributed by atoms with van der Waals surface area (Å²) in [6.45, 7) is 8.43. The maximum atomic E-state index is 13.0. The second-order valence-electron chi connectivity index (χ2n) is 9.70. The molecule has 2 aliphatic rings. The first-order valence-corrected chi connectivity index (χ1v) is 13.4. The third-order valence-electron chi connectivity index (χ3n) is 6.63. The zero-order valence-electron chi connectivity index (χ0n) is 21.3. The molecule has 2 aromatic heterocycles. The summed E-state index contributed by atoms with van der Waals surface area (Å²) in [5.41, 5.74) is 11.7. The number of amides is 1. The number of benzene rings is 1. The number of rotatable bonds is 6. The molecule has 8 heteroatoms. The Morgan fingerprint density at radius 2 is 1.97 bits per heavy atom. The Balaban J connectivity index is 1.27. The van der Waals surface area contributed by atoms with E-state index in [-0.39, 0.29) is 12.0 Å². The first-order valence-electron chi connectivity index (χ1n) is 12.5. The van der Waals surface area contributed by atoms with Crippen LogP contribution in [0, 0.1) is 0 Å². The standard InChI is InChI=1S/C29H31N5O2S/c1-18(2)34-10-7-24(8-11-34)36-28-16-21(6-9-31-28)29(35)33-27-15-23-14-20(4-5-22(23)17-32-27)25-12-19(3)13-26(30)37-25/h4-6,9,12,14-18,24H,7-8,10-11,30H2,1-3H3,(H,32,33,35). The van der Waals surface area contributed by atoms with Gasteiger partial charge in [0.15, 0.2) is 0 Å². The third kappa shape index (κ3) is 6.05. The van der Waals surface area contributed by atoms with Gasteiger partial charge in [-0.2, -0.15) is 0 Å². The summed E-state index contributed by atoms with van der Waals surface area (Å²) in [7, 11) is 0. The maximum absolute atomic E-state index is 13.0. The predicted octanol–water partition coefficient (Wildman–Crippen LogP) is 5.57. The van der Waals surface area contributed by atoms with Crippen molar-refractivity contribution in [1.29, 1.82) is 0 Å².